The molecule has 3 heteroatoms. The SMILES string of the molecule is Cc1ccc(C2=CNCO2)nc1. The first-order chi connectivity index (χ1) is 5.86. The van der Waals surface area contributed by atoms with Crippen LogP contribution in [0.2, 0.25) is 0 Å². The lowest BCUT2D eigenvalue weighted by Crippen LogP contribution is -1.99. The first kappa shape index (κ1) is 7.16. The van der Waals surface area contributed by atoms with E-state index in [1.807, 2.05) is 31.5 Å². The Kier molecular flexibility index (Phi) is 1.70. The lowest BCUT2D eigenvalue weighted by Gasteiger charge is -2.00. The molecule has 12 heavy (non-hydrogen) atoms. The van der Waals surface area contributed by atoms with Crippen LogP contribution in [0.1, 0.15) is 11.3 Å². The normalized spacial score (nSPS) is 14.9. The van der Waals surface area contributed by atoms with Crippen molar-refractivity contribution < 1.29 is 4.74 Å². The van der Waals surface area contributed by atoms with Crippen LogP contribution in [-0.2, 0) is 4.74 Å². The van der Waals surface area contributed by atoms with Crippen molar-refractivity contribution in [3.05, 3.63) is 35.8 Å². The molecule has 2 heterocycles. The van der Waals surface area contributed by atoms with Gasteiger partial charge in [-0.2, -0.15) is 0 Å². The van der Waals surface area contributed by atoms with Crippen LogP contribution in [0.5, 0.6) is 0 Å². The molecular formula is C9H10N2O. The van der Waals surface area contributed by atoms with Crippen LogP contribution < -0.4 is 5.32 Å². The zero-order valence-electron chi connectivity index (χ0n) is 6.87. The predicted molar refractivity (Wildman–Crippen MR) is 46.0 cm³/mol. The summed E-state index contributed by atoms with van der Waals surface area (Å²) in [7, 11) is 0. The van der Waals surface area contributed by atoms with E-state index in [1.54, 1.807) is 0 Å². The minimum Gasteiger partial charge on any atom is -0.470 e. The summed E-state index contributed by atoms with van der Waals surface area (Å²) in [6.45, 7) is 2.56. The van der Waals surface area contributed by atoms with Crippen molar-refractivity contribution in [3.8, 4) is 0 Å². The van der Waals surface area contributed by atoms with Crippen LogP contribution in [0.3, 0.4) is 0 Å². The highest BCUT2D eigenvalue weighted by atomic mass is 16.5. The van der Waals surface area contributed by atoms with Gasteiger partial charge in [0.2, 0.25) is 0 Å². The molecule has 1 N–H and O–H groups in total. The van der Waals surface area contributed by atoms with Gasteiger partial charge in [-0.1, -0.05) is 6.07 Å². The van der Waals surface area contributed by atoms with Crippen molar-refractivity contribution in [3.63, 3.8) is 0 Å². The van der Waals surface area contributed by atoms with Gasteiger partial charge < -0.3 is 10.1 Å². The molecule has 1 aromatic rings. The molecule has 1 aliphatic heterocycles. The number of rotatable bonds is 1. The third-order valence-corrected chi connectivity index (χ3v) is 1.71. The summed E-state index contributed by atoms with van der Waals surface area (Å²) in [5, 5.41) is 2.96. The molecule has 3 nitrogen and oxygen atoms in total. The topological polar surface area (TPSA) is 34.1 Å². The summed E-state index contributed by atoms with van der Waals surface area (Å²) in [5.74, 6) is 0.815. The molecule has 0 spiro atoms. The van der Waals surface area contributed by atoms with Crippen molar-refractivity contribution >= 4 is 5.76 Å². The fraction of sp³-hybridized carbons (Fsp3) is 0.222. The number of aryl methyl sites for hydroxylation is 1. The van der Waals surface area contributed by atoms with Crippen LogP contribution in [-0.4, -0.2) is 11.7 Å². The van der Waals surface area contributed by atoms with Gasteiger partial charge in [0.05, 0.1) is 0 Å². The van der Waals surface area contributed by atoms with Crippen molar-refractivity contribution in [2.45, 2.75) is 6.92 Å². The maximum absolute atomic E-state index is 5.27. The van der Waals surface area contributed by atoms with Gasteiger partial charge in [-0.3, -0.25) is 4.98 Å². The van der Waals surface area contributed by atoms with Crippen molar-refractivity contribution in [1.29, 1.82) is 0 Å². The average molecular weight is 162 g/mol. The number of nitrogens with zero attached hydrogens (tertiary/aromatic N) is 1. The van der Waals surface area contributed by atoms with Gasteiger partial charge in [-0.25, -0.2) is 0 Å². The molecule has 0 aliphatic carbocycles. The van der Waals surface area contributed by atoms with Gasteiger partial charge >= 0.3 is 0 Å². The molecule has 0 bridgehead atoms. The molecule has 0 fully saturated rings. The zero-order valence-corrected chi connectivity index (χ0v) is 6.87. The second kappa shape index (κ2) is 2.85. The minimum absolute atomic E-state index is 0.547. The first-order valence-corrected chi connectivity index (χ1v) is 3.85. The summed E-state index contributed by atoms with van der Waals surface area (Å²) in [6.07, 6.45) is 3.66. The molecule has 0 aromatic carbocycles. The van der Waals surface area contributed by atoms with Crippen molar-refractivity contribution in [2.24, 2.45) is 0 Å². The molecule has 62 valence electrons. The van der Waals surface area contributed by atoms with E-state index in [0.717, 1.165) is 17.0 Å². The Labute approximate surface area is 71.1 Å². The second-order valence-electron chi connectivity index (χ2n) is 2.72. The molecule has 0 saturated heterocycles. The number of hydrogen-bond donors (Lipinski definition) is 1. The van der Waals surface area contributed by atoms with Gasteiger partial charge in [0, 0.05) is 12.4 Å². The van der Waals surface area contributed by atoms with E-state index in [-0.39, 0.29) is 0 Å². The second-order valence-corrected chi connectivity index (χ2v) is 2.72. The van der Waals surface area contributed by atoms with Gasteiger partial charge in [0.15, 0.2) is 12.5 Å². The van der Waals surface area contributed by atoms with Crippen molar-refractivity contribution in [1.82, 2.24) is 10.3 Å². The summed E-state index contributed by atoms with van der Waals surface area (Å²) in [5.41, 5.74) is 2.04. The summed E-state index contributed by atoms with van der Waals surface area (Å²) >= 11 is 0. The Morgan fingerprint density at radius 1 is 1.50 bits per heavy atom. The highest BCUT2D eigenvalue weighted by Gasteiger charge is 2.07. The van der Waals surface area contributed by atoms with E-state index >= 15 is 0 Å². The molecule has 1 aromatic heterocycles. The van der Waals surface area contributed by atoms with E-state index in [2.05, 4.69) is 10.3 Å². The number of pyridine rings is 1. The van der Waals surface area contributed by atoms with E-state index in [0.29, 0.717) is 6.73 Å². The Hall–Kier alpha value is -1.51. The van der Waals surface area contributed by atoms with Gasteiger partial charge in [-0.15, -0.1) is 0 Å². The largest absolute Gasteiger partial charge is 0.470 e. The molecule has 0 radical (unpaired) electrons. The number of nitrogens with one attached hydrogen (secondary N) is 1. The average Bonchev–Trinajstić information content (AvgIpc) is 2.58. The van der Waals surface area contributed by atoms with Gasteiger partial charge in [0.25, 0.3) is 0 Å². The Balaban J connectivity index is 2.28. The maximum Gasteiger partial charge on any atom is 0.163 e. The third-order valence-electron chi connectivity index (χ3n) is 1.71. The Morgan fingerprint density at radius 2 is 2.42 bits per heavy atom. The Bertz CT molecular complexity index is 303. The summed E-state index contributed by atoms with van der Waals surface area (Å²) in [6, 6.07) is 3.97. The van der Waals surface area contributed by atoms with Gasteiger partial charge in [0.1, 0.15) is 5.69 Å². The van der Waals surface area contributed by atoms with Crippen LogP contribution in [0.4, 0.5) is 0 Å². The Morgan fingerprint density at radius 3 is 3.00 bits per heavy atom. The number of hydrogen-bond acceptors (Lipinski definition) is 3. The quantitative estimate of drug-likeness (QED) is 0.675. The van der Waals surface area contributed by atoms with Crippen molar-refractivity contribution in [2.75, 3.05) is 6.73 Å². The molecule has 0 unspecified atom stereocenters. The molecule has 0 amide bonds. The van der Waals surface area contributed by atoms with Crippen LogP contribution in [0.25, 0.3) is 5.76 Å². The highest BCUT2D eigenvalue weighted by molar-refractivity contribution is 5.56. The van der Waals surface area contributed by atoms with Gasteiger partial charge in [-0.05, 0) is 18.6 Å². The predicted octanol–water partition coefficient (Wildman–Crippen LogP) is 1.27. The smallest absolute Gasteiger partial charge is 0.163 e. The van der Waals surface area contributed by atoms with Crippen LogP contribution in [0.15, 0.2) is 24.5 Å². The maximum atomic E-state index is 5.27. The third kappa shape index (κ3) is 1.25. The molecule has 0 atom stereocenters. The highest BCUT2D eigenvalue weighted by Crippen LogP contribution is 2.14. The summed E-state index contributed by atoms with van der Waals surface area (Å²) < 4.78 is 5.27. The molecule has 1 aliphatic rings. The molecular weight excluding hydrogens is 152 g/mol. The minimum atomic E-state index is 0.547. The first-order valence-electron chi connectivity index (χ1n) is 3.85. The molecule has 0 saturated carbocycles. The van der Waals surface area contributed by atoms with E-state index < -0.39 is 0 Å². The fourth-order valence-electron chi connectivity index (χ4n) is 1.06. The molecule has 2 rings (SSSR count). The van der Waals surface area contributed by atoms with E-state index in [4.69, 9.17) is 4.74 Å². The van der Waals surface area contributed by atoms with Crippen LogP contribution in [0, 0.1) is 6.92 Å². The lowest BCUT2D eigenvalue weighted by molar-refractivity contribution is 0.290. The number of ether oxygens (including phenoxy) is 1. The van der Waals surface area contributed by atoms with E-state index in [1.165, 1.54) is 0 Å². The lowest BCUT2D eigenvalue weighted by atomic mass is 10.2. The monoisotopic (exact) mass is 162 g/mol. The summed E-state index contributed by atoms with van der Waals surface area (Å²) in [4.78, 5) is 4.23. The zero-order chi connectivity index (χ0) is 8.39. The van der Waals surface area contributed by atoms with E-state index in [9.17, 15) is 0 Å². The standard InChI is InChI=1S/C9H10N2O/c1-7-2-3-8(11-4-7)9-5-10-6-12-9/h2-5,10H,6H2,1H3. The number of aromatic nitrogens is 1. The fourth-order valence-corrected chi connectivity index (χ4v) is 1.06. The van der Waals surface area contributed by atoms with Crippen LogP contribution >= 0.6 is 0 Å².